The molecule has 1 aromatic carbocycles. The molecule has 0 saturated carbocycles. The van der Waals surface area contributed by atoms with Crippen LogP contribution in [0.4, 0.5) is 5.69 Å². The van der Waals surface area contributed by atoms with Gasteiger partial charge in [-0.25, -0.2) is 13.1 Å². The minimum atomic E-state index is -3.74. The van der Waals surface area contributed by atoms with E-state index in [1.807, 2.05) is 0 Å². The molecule has 0 aliphatic heterocycles. The van der Waals surface area contributed by atoms with Crippen molar-refractivity contribution < 1.29 is 18.3 Å². The molecule has 0 amide bonds. The predicted octanol–water partition coefficient (Wildman–Crippen LogP) is 0.573. The van der Waals surface area contributed by atoms with E-state index in [2.05, 4.69) is 4.72 Å². The van der Waals surface area contributed by atoms with Gasteiger partial charge < -0.3 is 15.6 Å². The maximum absolute atomic E-state index is 12.0. The van der Waals surface area contributed by atoms with Crippen molar-refractivity contribution in [3.8, 4) is 5.75 Å². The van der Waals surface area contributed by atoms with Crippen LogP contribution in [-0.4, -0.2) is 33.3 Å². The third-order valence-electron chi connectivity index (χ3n) is 2.76. The third kappa shape index (κ3) is 4.09. The van der Waals surface area contributed by atoms with E-state index in [1.165, 1.54) is 25.3 Å². The number of aliphatic hydroxyl groups is 1. The highest BCUT2D eigenvalue weighted by Gasteiger charge is 2.20. The van der Waals surface area contributed by atoms with Gasteiger partial charge in [0.1, 0.15) is 10.6 Å². The van der Waals surface area contributed by atoms with Crippen LogP contribution in [-0.2, 0) is 10.0 Å². The highest BCUT2D eigenvalue weighted by molar-refractivity contribution is 7.89. The summed E-state index contributed by atoms with van der Waals surface area (Å²) in [7, 11) is -2.26. The van der Waals surface area contributed by atoms with Crippen molar-refractivity contribution in [2.45, 2.75) is 24.8 Å². The zero-order valence-corrected chi connectivity index (χ0v) is 12.1. The van der Waals surface area contributed by atoms with E-state index in [9.17, 15) is 13.5 Å². The predicted molar refractivity (Wildman–Crippen MR) is 73.4 cm³/mol. The first-order valence-electron chi connectivity index (χ1n) is 5.89. The highest BCUT2D eigenvalue weighted by Crippen LogP contribution is 2.23. The Bertz CT molecular complexity index is 529. The van der Waals surface area contributed by atoms with Crippen LogP contribution in [0.5, 0.6) is 5.75 Å². The topological polar surface area (TPSA) is 102 Å². The first-order chi connectivity index (χ1) is 8.77. The zero-order valence-electron chi connectivity index (χ0n) is 11.3. The van der Waals surface area contributed by atoms with Crippen molar-refractivity contribution in [2.24, 2.45) is 5.92 Å². The number of methoxy groups -OCH3 is 1. The lowest BCUT2D eigenvalue weighted by atomic mass is 10.1. The summed E-state index contributed by atoms with van der Waals surface area (Å²) < 4.78 is 31.4. The van der Waals surface area contributed by atoms with Gasteiger partial charge in [-0.15, -0.1) is 0 Å². The van der Waals surface area contributed by atoms with Crippen molar-refractivity contribution in [1.29, 1.82) is 0 Å². The third-order valence-corrected chi connectivity index (χ3v) is 4.26. The highest BCUT2D eigenvalue weighted by atomic mass is 32.2. The standard InChI is InChI=1S/C12H20N2O4S/c1-8(2)11(15)7-14-19(16,17)12-5-4-9(18-3)6-10(12)13/h4-6,8,11,14-15H,7,13H2,1-3H3. The molecule has 4 N–H and O–H groups in total. The van der Waals surface area contributed by atoms with Gasteiger partial charge in [-0.1, -0.05) is 13.8 Å². The lowest BCUT2D eigenvalue weighted by Crippen LogP contribution is -2.35. The summed E-state index contributed by atoms with van der Waals surface area (Å²) in [5, 5.41) is 9.61. The maximum atomic E-state index is 12.0. The summed E-state index contributed by atoms with van der Waals surface area (Å²) in [4.78, 5) is -0.0238. The summed E-state index contributed by atoms with van der Waals surface area (Å²) >= 11 is 0. The smallest absolute Gasteiger partial charge is 0.242 e. The lowest BCUT2D eigenvalue weighted by molar-refractivity contribution is 0.129. The number of benzene rings is 1. The molecule has 0 spiro atoms. The fraction of sp³-hybridized carbons (Fsp3) is 0.500. The monoisotopic (exact) mass is 288 g/mol. The van der Waals surface area contributed by atoms with Gasteiger partial charge >= 0.3 is 0 Å². The molecule has 0 bridgehead atoms. The first kappa shape index (κ1) is 15.7. The Labute approximate surface area is 113 Å². The van der Waals surface area contributed by atoms with E-state index in [0.29, 0.717) is 5.75 Å². The van der Waals surface area contributed by atoms with E-state index in [-0.39, 0.29) is 23.0 Å². The number of ether oxygens (including phenoxy) is 1. The van der Waals surface area contributed by atoms with Crippen molar-refractivity contribution in [3.05, 3.63) is 18.2 Å². The van der Waals surface area contributed by atoms with Crippen LogP contribution in [0.25, 0.3) is 0 Å². The summed E-state index contributed by atoms with van der Waals surface area (Å²) in [5.41, 5.74) is 5.79. The van der Waals surface area contributed by atoms with Gasteiger partial charge in [0.05, 0.1) is 18.9 Å². The molecule has 1 aromatic rings. The zero-order chi connectivity index (χ0) is 14.6. The van der Waals surface area contributed by atoms with E-state index in [0.717, 1.165) is 0 Å². The summed E-state index contributed by atoms with van der Waals surface area (Å²) in [6.07, 6.45) is -0.741. The normalized spacial score (nSPS) is 13.5. The number of hydrogen-bond acceptors (Lipinski definition) is 5. The fourth-order valence-electron chi connectivity index (χ4n) is 1.41. The summed E-state index contributed by atoms with van der Waals surface area (Å²) in [6.45, 7) is 3.56. The molecule has 108 valence electrons. The Balaban J connectivity index is 2.89. The van der Waals surface area contributed by atoms with Gasteiger partial charge in [-0.05, 0) is 18.1 Å². The average Bonchev–Trinajstić information content (AvgIpc) is 2.35. The second kappa shape index (κ2) is 6.23. The van der Waals surface area contributed by atoms with Gasteiger partial charge in [0.25, 0.3) is 0 Å². The minimum absolute atomic E-state index is 0.0238. The Morgan fingerprint density at radius 3 is 2.53 bits per heavy atom. The molecule has 19 heavy (non-hydrogen) atoms. The first-order valence-corrected chi connectivity index (χ1v) is 7.37. The Hall–Kier alpha value is -1.31. The van der Waals surface area contributed by atoms with Crippen LogP contribution < -0.4 is 15.2 Å². The number of aliphatic hydroxyl groups excluding tert-OH is 1. The van der Waals surface area contributed by atoms with Gasteiger partial charge in [-0.2, -0.15) is 0 Å². The van der Waals surface area contributed by atoms with Crippen molar-refractivity contribution >= 4 is 15.7 Å². The van der Waals surface area contributed by atoms with Crippen LogP contribution in [0.3, 0.4) is 0 Å². The van der Waals surface area contributed by atoms with Crippen molar-refractivity contribution in [2.75, 3.05) is 19.4 Å². The minimum Gasteiger partial charge on any atom is -0.497 e. The fourth-order valence-corrected chi connectivity index (χ4v) is 2.57. The Kier molecular flexibility index (Phi) is 5.16. The van der Waals surface area contributed by atoms with Crippen LogP contribution in [0, 0.1) is 5.92 Å². The number of hydrogen-bond donors (Lipinski definition) is 3. The molecule has 0 fully saturated rings. The summed E-state index contributed by atoms with van der Waals surface area (Å²) in [6, 6.07) is 4.33. The van der Waals surface area contributed by atoms with Gasteiger partial charge in [0.2, 0.25) is 10.0 Å². The molecule has 1 rings (SSSR count). The van der Waals surface area contributed by atoms with Crippen LogP contribution in [0.1, 0.15) is 13.8 Å². The average molecular weight is 288 g/mol. The van der Waals surface area contributed by atoms with Crippen molar-refractivity contribution in [3.63, 3.8) is 0 Å². The molecule has 0 saturated heterocycles. The van der Waals surface area contributed by atoms with Gasteiger partial charge in [0, 0.05) is 12.6 Å². The second-order valence-corrected chi connectivity index (χ2v) is 6.30. The summed E-state index contributed by atoms with van der Waals surface area (Å²) in [5.74, 6) is 0.453. The quantitative estimate of drug-likeness (QED) is 0.664. The number of rotatable bonds is 6. The second-order valence-electron chi connectivity index (χ2n) is 4.57. The molecule has 0 aromatic heterocycles. The van der Waals surface area contributed by atoms with Crippen LogP contribution in [0.2, 0.25) is 0 Å². The van der Waals surface area contributed by atoms with E-state index < -0.39 is 16.1 Å². The Morgan fingerprint density at radius 2 is 2.05 bits per heavy atom. The van der Waals surface area contributed by atoms with E-state index in [1.54, 1.807) is 13.8 Å². The molecule has 1 atom stereocenters. The van der Waals surface area contributed by atoms with Crippen LogP contribution in [0.15, 0.2) is 23.1 Å². The number of anilines is 1. The molecule has 7 heteroatoms. The molecule has 0 aliphatic rings. The molecule has 6 nitrogen and oxygen atoms in total. The van der Waals surface area contributed by atoms with E-state index >= 15 is 0 Å². The van der Waals surface area contributed by atoms with Gasteiger partial charge in [0.15, 0.2) is 0 Å². The SMILES string of the molecule is COc1ccc(S(=O)(=O)NCC(O)C(C)C)c(N)c1. The maximum Gasteiger partial charge on any atom is 0.242 e. The molecule has 0 heterocycles. The van der Waals surface area contributed by atoms with Crippen molar-refractivity contribution in [1.82, 2.24) is 4.72 Å². The Morgan fingerprint density at radius 1 is 1.42 bits per heavy atom. The number of nitrogens with two attached hydrogens (primary N) is 1. The lowest BCUT2D eigenvalue weighted by Gasteiger charge is -2.16. The number of nitrogen functional groups attached to an aromatic ring is 1. The molecule has 1 unspecified atom stereocenters. The number of nitrogens with one attached hydrogen (secondary N) is 1. The molecule has 0 radical (unpaired) electrons. The number of sulfonamides is 1. The molecule has 0 aliphatic carbocycles. The van der Waals surface area contributed by atoms with Gasteiger partial charge in [-0.3, -0.25) is 0 Å². The van der Waals surface area contributed by atoms with Crippen LogP contribution >= 0.6 is 0 Å². The largest absolute Gasteiger partial charge is 0.497 e. The molecular formula is C12H20N2O4S. The molecular weight excluding hydrogens is 268 g/mol. The van der Waals surface area contributed by atoms with E-state index in [4.69, 9.17) is 10.5 Å².